The maximum atomic E-state index is 9.32. The Morgan fingerprint density at radius 3 is 2.43 bits per heavy atom. The van der Waals surface area contributed by atoms with Gasteiger partial charge in [0.1, 0.15) is 0 Å². The molecule has 1 atom stereocenters. The third kappa shape index (κ3) is 4.40. The molecule has 1 aliphatic carbocycles. The molecule has 1 fully saturated rings. The third-order valence-electron chi connectivity index (χ3n) is 2.78. The van der Waals surface area contributed by atoms with Crippen molar-refractivity contribution in [2.45, 2.75) is 51.9 Å². The molecule has 0 amide bonds. The van der Waals surface area contributed by atoms with E-state index < -0.39 is 0 Å². The van der Waals surface area contributed by atoms with Gasteiger partial charge in [-0.2, -0.15) is 0 Å². The number of ether oxygens (including phenoxy) is 2. The second kappa shape index (κ2) is 6.38. The molecule has 0 saturated heterocycles. The van der Waals surface area contributed by atoms with Crippen LogP contribution in [0.1, 0.15) is 39.5 Å². The minimum Gasteiger partial charge on any atom is -0.393 e. The van der Waals surface area contributed by atoms with Gasteiger partial charge >= 0.3 is 0 Å². The van der Waals surface area contributed by atoms with Crippen LogP contribution in [0.3, 0.4) is 0 Å². The normalized spacial score (nSPS) is 30.2. The lowest BCUT2D eigenvalue weighted by molar-refractivity contribution is -0.138. The summed E-state index contributed by atoms with van der Waals surface area (Å²) in [6.07, 6.45) is 3.86. The van der Waals surface area contributed by atoms with Gasteiger partial charge in [0.25, 0.3) is 0 Å². The fourth-order valence-corrected chi connectivity index (χ4v) is 1.87. The first-order valence-electron chi connectivity index (χ1n) is 5.63. The van der Waals surface area contributed by atoms with E-state index in [0.717, 1.165) is 32.3 Å². The molecule has 1 rings (SSSR count). The standard InChI is InChI=1S/C11H22O3/c1-3-13-9(2)14-8-10-4-6-11(12)7-5-10/h9-12H,3-8H2,1-2H3/t9?,10-,11+. The first-order valence-corrected chi connectivity index (χ1v) is 5.63. The molecule has 0 heterocycles. The number of aliphatic hydroxyl groups excluding tert-OH is 1. The number of aliphatic hydroxyl groups is 1. The van der Waals surface area contributed by atoms with Crippen LogP contribution in [0.5, 0.6) is 0 Å². The molecule has 0 bridgehead atoms. The summed E-state index contributed by atoms with van der Waals surface area (Å²) in [7, 11) is 0. The highest BCUT2D eigenvalue weighted by atomic mass is 16.7. The molecule has 3 heteroatoms. The van der Waals surface area contributed by atoms with Gasteiger partial charge in [-0.15, -0.1) is 0 Å². The van der Waals surface area contributed by atoms with E-state index in [1.54, 1.807) is 0 Å². The minimum atomic E-state index is -0.0909. The Kier molecular flexibility index (Phi) is 5.45. The van der Waals surface area contributed by atoms with Crippen LogP contribution in [0.4, 0.5) is 0 Å². The lowest BCUT2D eigenvalue weighted by atomic mass is 9.88. The largest absolute Gasteiger partial charge is 0.393 e. The van der Waals surface area contributed by atoms with E-state index in [4.69, 9.17) is 9.47 Å². The molecule has 1 aliphatic rings. The van der Waals surface area contributed by atoms with Crippen molar-refractivity contribution in [2.24, 2.45) is 5.92 Å². The quantitative estimate of drug-likeness (QED) is 0.692. The van der Waals surface area contributed by atoms with E-state index in [-0.39, 0.29) is 12.4 Å². The SMILES string of the molecule is CCOC(C)OC[C@H]1CC[C@@H](O)CC1. The van der Waals surface area contributed by atoms with E-state index >= 15 is 0 Å². The summed E-state index contributed by atoms with van der Waals surface area (Å²) in [5, 5.41) is 9.32. The predicted molar refractivity (Wildman–Crippen MR) is 55.0 cm³/mol. The molecule has 0 aromatic carbocycles. The van der Waals surface area contributed by atoms with Crippen molar-refractivity contribution < 1.29 is 14.6 Å². The topological polar surface area (TPSA) is 38.7 Å². The van der Waals surface area contributed by atoms with E-state index in [0.29, 0.717) is 12.5 Å². The molecule has 3 nitrogen and oxygen atoms in total. The van der Waals surface area contributed by atoms with Crippen LogP contribution < -0.4 is 0 Å². The molecule has 14 heavy (non-hydrogen) atoms. The zero-order valence-corrected chi connectivity index (χ0v) is 9.24. The van der Waals surface area contributed by atoms with Gasteiger partial charge in [0.15, 0.2) is 6.29 Å². The van der Waals surface area contributed by atoms with Crippen molar-refractivity contribution in [3.8, 4) is 0 Å². The maximum absolute atomic E-state index is 9.32. The number of hydrogen-bond donors (Lipinski definition) is 1. The first-order chi connectivity index (χ1) is 6.72. The summed E-state index contributed by atoms with van der Waals surface area (Å²) in [5.74, 6) is 0.612. The van der Waals surface area contributed by atoms with Crippen LogP contribution in [-0.2, 0) is 9.47 Å². The van der Waals surface area contributed by atoms with E-state index in [1.807, 2.05) is 13.8 Å². The molecule has 0 aromatic heterocycles. The Balaban J connectivity index is 2.06. The highest BCUT2D eigenvalue weighted by molar-refractivity contribution is 4.71. The second-order valence-corrected chi connectivity index (χ2v) is 4.03. The van der Waals surface area contributed by atoms with Crippen molar-refractivity contribution >= 4 is 0 Å². The third-order valence-corrected chi connectivity index (χ3v) is 2.78. The Bertz CT molecular complexity index is 141. The second-order valence-electron chi connectivity index (χ2n) is 4.03. The van der Waals surface area contributed by atoms with Crippen molar-refractivity contribution in [1.29, 1.82) is 0 Å². The number of hydrogen-bond acceptors (Lipinski definition) is 3. The van der Waals surface area contributed by atoms with Gasteiger partial charge in [-0.1, -0.05) is 0 Å². The zero-order chi connectivity index (χ0) is 10.4. The zero-order valence-electron chi connectivity index (χ0n) is 9.24. The van der Waals surface area contributed by atoms with Crippen LogP contribution in [-0.4, -0.2) is 30.7 Å². The Morgan fingerprint density at radius 2 is 1.86 bits per heavy atom. The molecule has 1 saturated carbocycles. The average molecular weight is 202 g/mol. The van der Waals surface area contributed by atoms with Gasteiger partial charge in [0, 0.05) is 6.61 Å². The lowest BCUT2D eigenvalue weighted by Gasteiger charge is -2.26. The summed E-state index contributed by atoms with van der Waals surface area (Å²) >= 11 is 0. The van der Waals surface area contributed by atoms with Gasteiger partial charge < -0.3 is 14.6 Å². The molecular formula is C11H22O3. The van der Waals surface area contributed by atoms with Crippen molar-refractivity contribution in [3.05, 3.63) is 0 Å². The highest BCUT2D eigenvalue weighted by Gasteiger charge is 2.19. The van der Waals surface area contributed by atoms with Crippen molar-refractivity contribution in [3.63, 3.8) is 0 Å². The molecule has 1 N–H and O–H groups in total. The van der Waals surface area contributed by atoms with E-state index in [2.05, 4.69) is 0 Å². The Morgan fingerprint density at radius 1 is 1.21 bits per heavy atom. The van der Waals surface area contributed by atoms with Gasteiger partial charge in [0.05, 0.1) is 12.7 Å². The number of rotatable bonds is 5. The average Bonchev–Trinajstić information content (AvgIpc) is 2.17. The van der Waals surface area contributed by atoms with Crippen molar-refractivity contribution in [2.75, 3.05) is 13.2 Å². The van der Waals surface area contributed by atoms with Gasteiger partial charge in [0.2, 0.25) is 0 Å². The van der Waals surface area contributed by atoms with Crippen LogP contribution in [0.25, 0.3) is 0 Å². The van der Waals surface area contributed by atoms with Gasteiger partial charge in [-0.05, 0) is 45.4 Å². The maximum Gasteiger partial charge on any atom is 0.154 e. The summed E-state index contributed by atoms with van der Waals surface area (Å²) in [5.41, 5.74) is 0. The Hall–Kier alpha value is -0.120. The minimum absolute atomic E-state index is 0.0736. The molecule has 0 spiro atoms. The van der Waals surface area contributed by atoms with E-state index in [9.17, 15) is 5.11 Å². The molecule has 84 valence electrons. The Labute approximate surface area is 86.4 Å². The monoisotopic (exact) mass is 202 g/mol. The fraction of sp³-hybridized carbons (Fsp3) is 1.00. The fourth-order valence-electron chi connectivity index (χ4n) is 1.87. The lowest BCUT2D eigenvalue weighted by Crippen LogP contribution is -2.24. The van der Waals surface area contributed by atoms with Crippen LogP contribution in [0.15, 0.2) is 0 Å². The summed E-state index contributed by atoms with van der Waals surface area (Å²) in [6, 6.07) is 0. The van der Waals surface area contributed by atoms with Crippen LogP contribution in [0, 0.1) is 5.92 Å². The van der Waals surface area contributed by atoms with Crippen molar-refractivity contribution in [1.82, 2.24) is 0 Å². The molecule has 1 unspecified atom stereocenters. The van der Waals surface area contributed by atoms with Gasteiger partial charge in [-0.3, -0.25) is 0 Å². The van der Waals surface area contributed by atoms with Gasteiger partial charge in [-0.25, -0.2) is 0 Å². The molecule has 0 radical (unpaired) electrons. The highest BCUT2D eigenvalue weighted by Crippen LogP contribution is 2.24. The van der Waals surface area contributed by atoms with Crippen LogP contribution >= 0.6 is 0 Å². The summed E-state index contributed by atoms with van der Waals surface area (Å²) in [4.78, 5) is 0. The van der Waals surface area contributed by atoms with Crippen LogP contribution in [0.2, 0.25) is 0 Å². The molecule has 0 aromatic rings. The smallest absolute Gasteiger partial charge is 0.154 e. The predicted octanol–water partition coefficient (Wildman–Crippen LogP) is 1.94. The summed E-state index contributed by atoms with van der Waals surface area (Å²) in [6.45, 7) is 5.37. The first kappa shape index (κ1) is 12.0. The summed E-state index contributed by atoms with van der Waals surface area (Å²) < 4.78 is 10.8. The van der Waals surface area contributed by atoms with E-state index in [1.165, 1.54) is 0 Å². The molecule has 0 aliphatic heterocycles. The molecular weight excluding hydrogens is 180 g/mol.